The third kappa shape index (κ3) is 2.99. The van der Waals surface area contributed by atoms with E-state index in [0.29, 0.717) is 6.10 Å². The average Bonchev–Trinajstić information content (AvgIpc) is 2.25. The van der Waals surface area contributed by atoms with Gasteiger partial charge >= 0.3 is 0 Å². The van der Waals surface area contributed by atoms with Crippen molar-refractivity contribution in [2.75, 3.05) is 6.54 Å². The fourth-order valence-corrected chi connectivity index (χ4v) is 1.95. The summed E-state index contributed by atoms with van der Waals surface area (Å²) < 4.78 is 5.98. The highest BCUT2D eigenvalue weighted by molar-refractivity contribution is 5.33. The van der Waals surface area contributed by atoms with Crippen molar-refractivity contribution < 1.29 is 4.74 Å². The number of aryl methyl sites for hydroxylation is 1. The zero-order valence-electron chi connectivity index (χ0n) is 9.82. The second-order valence-corrected chi connectivity index (χ2v) is 4.52. The SMILES string of the molecule is NCCCCc1ccccc1OC1CCC1. The number of para-hydroxylation sites is 1. The first kappa shape index (κ1) is 11.5. The monoisotopic (exact) mass is 219 g/mol. The largest absolute Gasteiger partial charge is 0.490 e. The molecule has 2 N–H and O–H groups in total. The van der Waals surface area contributed by atoms with E-state index in [0.717, 1.165) is 31.6 Å². The van der Waals surface area contributed by atoms with Crippen LogP contribution in [-0.4, -0.2) is 12.6 Å². The highest BCUT2D eigenvalue weighted by Gasteiger charge is 2.19. The molecule has 1 aromatic carbocycles. The van der Waals surface area contributed by atoms with Gasteiger partial charge < -0.3 is 10.5 Å². The number of unbranched alkanes of at least 4 members (excludes halogenated alkanes) is 1. The molecule has 0 spiro atoms. The van der Waals surface area contributed by atoms with Crippen LogP contribution in [-0.2, 0) is 6.42 Å². The zero-order chi connectivity index (χ0) is 11.2. The van der Waals surface area contributed by atoms with Gasteiger partial charge in [0.1, 0.15) is 5.75 Å². The van der Waals surface area contributed by atoms with E-state index < -0.39 is 0 Å². The Kier molecular flexibility index (Phi) is 4.23. The Morgan fingerprint density at radius 1 is 1.19 bits per heavy atom. The standard InChI is InChI=1S/C14H21NO/c15-11-4-3-7-12-6-1-2-10-14(12)16-13-8-5-9-13/h1-2,6,10,13H,3-5,7-9,11,15H2. The van der Waals surface area contributed by atoms with Gasteiger partial charge in [0, 0.05) is 0 Å². The van der Waals surface area contributed by atoms with E-state index in [1.54, 1.807) is 0 Å². The fraction of sp³-hybridized carbons (Fsp3) is 0.571. The molecule has 0 radical (unpaired) electrons. The maximum atomic E-state index is 5.98. The number of hydrogen-bond donors (Lipinski definition) is 1. The predicted octanol–water partition coefficient (Wildman–Crippen LogP) is 2.90. The van der Waals surface area contributed by atoms with Gasteiger partial charge in [-0.2, -0.15) is 0 Å². The Hall–Kier alpha value is -1.02. The third-order valence-corrected chi connectivity index (χ3v) is 3.22. The molecule has 0 heterocycles. The lowest BCUT2D eigenvalue weighted by atomic mass is 9.96. The smallest absolute Gasteiger partial charge is 0.122 e. The summed E-state index contributed by atoms with van der Waals surface area (Å²) >= 11 is 0. The lowest BCUT2D eigenvalue weighted by molar-refractivity contribution is 0.119. The molecule has 2 nitrogen and oxygen atoms in total. The van der Waals surface area contributed by atoms with E-state index in [1.165, 1.54) is 24.8 Å². The minimum Gasteiger partial charge on any atom is -0.490 e. The van der Waals surface area contributed by atoms with Crippen molar-refractivity contribution >= 4 is 0 Å². The predicted molar refractivity (Wildman–Crippen MR) is 66.7 cm³/mol. The fourth-order valence-electron chi connectivity index (χ4n) is 1.95. The topological polar surface area (TPSA) is 35.2 Å². The van der Waals surface area contributed by atoms with Gasteiger partial charge in [-0.15, -0.1) is 0 Å². The minimum absolute atomic E-state index is 0.468. The van der Waals surface area contributed by atoms with Crippen LogP contribution < -0.4 is 10.5 Å². The molecule has 0 aliphatic heterocycles. The van der Waals surface area contributed by atoms with E-state index >= 15 is 0 Å². The maximum absolute atomic E-state index is 5.98. The number of nitrogens with two attached hydrogens (primary N) is 1. The molecule has 1 fully saturated rings. The number of benzene rings is 1. The molecule has 0 unspecified atom stereocenters. The van der Waals surface area contributed by atoms with Gasteiger partial charge in [0.2, 0.25) is 0 Å². The van der Waals surface area contributed by atoms with Crippen molar-refractivity contribution in [2.45, 2.75) is 44.6 Å². The lowest BCUT2D eigenvalue weighted by Crippen LogP contribution is -2.25. The van der Waals surface area contributed by atoms with E-state index in [4.69, 9.17) is 10.5 Å². The molecule has 0 atom stereocenters. The summed E-state index contributed by atoms with van der Waals surface area (Å²) in [5, 5.41) is 0. The van der Waals surface area contributed by atoms with E-state index in [-0.39, 0.29) is 0 Å². The van der Waals surface area contributed by atoms with Gasteiger partial charge in [-0.05, 0) is 56.7 Å². The van der Waals surface area contributed by atoms with Crippen LogP contribution in [0.25, 0.3) is 0 Å². The highest BCUT2D eigenvalue weighted by Crippen LogP contribution is 2.28. The van der Waals surface area contributed by atoms with Gasteiger partial charge in [-0.1, -0.05) is 18.2 Å². The summed E-state index contributed by atoms with van der Waals surface area (Å²) in [6, 6.07) is 8.41. The van der Waals surface area contributed by atoms with E-state index in [2.05, 4.69) is 24.3 Å². The summed E-state index contributed by atoms with van der Waals surface area (Å²) in [4.78, 5) is 0. The second kappa shape index (κ2) is 5.90. The number of ether oxygens (including phenoxy) is 1. The Bertz CT molecular complexity index is 320. The molecule has 2 rings (SSSR count). The zero-order valence-corrected chi connectivity index (χ0v) is 9.82. The molecular formula is C14H21NO. The van der Waals surface area contributed by atoms with Crippen molar-refractivity contribution in [2.24, 2.45) is 5.73 Å². The molecule has 16 heavy (non-hydrogen) atoms. The van der Waals surface area contributed by atoms with E-state index in [1.807, 2.05) is 0 Å². The molecule has 1 aliphatic rings. The maximum Gasteiger partial charge on any atom is 0.122 e. The molecule has 0 amide bonds. The third-order valence-electron chi connectivity index (χ3n) is 3.22. The first-order valence-corrected chi connectivity index (χ1v) is 6.35. The normalized spacial score (nSPS) is 15.8. The molecule has 1 saturated carbocycles. The molecule has 0 bridgehead atoms. The van der Waals surface area contributed by atoms with Crippen LogP contribution in [0.4, 0.5) is 0 Å². The Labute approximate surface area is 97.8 Å². The highest BCUT2D eigenvalue weighted by atomic mass is 16.5. The average molecular weight is 219 g/mol. The van der Waals surface area contributed by atoms with Crippen molar-refractivity contribution in [1.29, 1.82) is 0 Å². The van der Waals surface area contributed by atoms with Gasteiger partial charge in [0.25, 0.3) is 0 Å². The minimum atomic E-state index is 0.468. The Balaban J connectivity index is 1.92. The van der Waals surface area contributed by atoms with Crippen LogP contribution in [0.5, 0.6) is 5.75 Å². The number of rotatable bonds is 6. The van der Waals surface area contributed by atoms with Crippen molar-refractivity contribution in [3.8, 4) is 5.75 Å². The first-order valence-electron chi connectivity index (χ1n) is 6.35. The molecule has 0 saturated heterocycles. The molecule has 2 heteroatoms. The summed E-state index contributed by atoms with van der Waals surface area (Å²) in [6.45, 7) is 0.783. The summed E-state index contributed by atoms with van der Waals surface area (Å²) in [5.74, 6) is 1.09. The Morgan fingerprint density at radius 2 is 2.00 bits per heavy atom. The van der Waals surface area contributed by atoms with Crippen LogP contribution in [0.2, 0.25) is 0 Å². The lowest BCUT2D eigenvalue weighted by Gasteiger charge is -2.27. The van der Waals surface area contributed by atoms with Gasteiger partial charge in [-0.25, -0.2) is 0 Å². The van der Waals surface area contributed by atoms with Crippen molar-refractivity contribution in [3.05, 3.63) is 29.8 Å². The van der Waals surface area contributed by atoms with Crippen molar-refractivity contribution in [3.63, 3.8) is 0 Å². The van der Waals surface area contributed by atoms with Gasteiger partial charge in [0.15, 0.2) is 0 Å². The second-order valence-electron chi connectivity index (χ2n) is 4.52. The first-order chi connectivity index (χ1) is 7.90. The number of hydrogen-bond acceptors (Lipinski definition) is 2. The van der Waals surface area contributed by atoms with Crippen molar-refractivity contribution in [1.82, 2.24) is 0 Å². The van der Waals surface area contributed by atoms with Crippen LogP contribution in [0.15, 0.2) is 24.3 Å². The van der Waals surface area contributed by atoms with Gasteiger partial charge in [-0.3, -0.25) is 0 Å². The molecule has 1 aromatic rings. The molecule has 0 aromatic heterocycles. The summed E-state index contributed by atoms with van der Waals surface area (Å²) in [5.41, 5.74) is 6.85. The van der Waals surface area contributed by atoms with Crippen LogP contribution in [0.3, 0.4) is 0 Å². The van der Waals surface area contributed by atoms with Crippen LogP contribution >= 0.6 is 0 Å². The van der Waals surface area contributed by atoms with Crippen LogP contribution in [0.1, 0.15) is 37.7 Å². The molecular weight excluding hydrogens is 198 g/mol. The van der Waals surface area contributed by atoms with Crippen LogP contribution in [0, 0.1) is 0 Å². The van der Waals surface area contributed by atoms with Gasteiger partial charge in [0.05, 0.1) is 6.10 Å². The van der Waals surface area contributed by atoms with E-state index in [9.17, 15) is 0 Å². The Morgan fingerprint density at radius 3 is 2.69 bits per heavy atom. The summed E-state index contributed by atoms with van der Waals surface area (Å²) in [7, 11) is 0. The quantitative estimate of drug-likeness (QED) is 0.747. The summed E-state index contributed by atoms with van der Waals surface area (Å²) in [6.07, 6.45) is 7.56. The molecule has 1 aliphatic carbocycles. The molecule has 88 valence electrons.